The first-order valence-corrected chi connectivity index (χ1v) is 7.33. The lowest BCUT2D eigenvalue weighted by Crippen LogP contribution is -2.44. The number of pyridine rings is 1. The molecule has 1 unspecified atom stereocenters. The van der Waals surface area contributed by atoms with Gasteiger partial charge in [-0.15, -0.1) is 24.8 Å². The van der Waals surface area contributed by atoms with Gasteiger partial charge in [-0.3, -0.25) is 9.36 Å². The molecule has 3 heterocycles. The molecule has 0 radical (unpaired) electrons. The van der Waals surface area contributed by atoms with Gasteiger partial charge in [0, 0.05) is 49.7 Å². The number of morpholine rings is 1. The minimum absolute atomic E-state index is 0. The van der Waals surface area contributed by atoms with E-state index >= 15 is 0 Å². The summed E-state index contributed by atoms with van der Waals surface area (Å²) >= 11 is 0. The Kier molecular flexibility index (Phi) is 8.70. The van der Waals surface area contributed by atoms with E-state index < -0.39 is 0 Å². The summed E-state index contributed by atoms with van der Waals surface area (Å²) in [5.41, 5.74) is 0.946. The zero-order valence-corrected chi connectivity index (χ0v) is 14.7. The number of imidazole rings is 1. The third-order valence-corrected chi connectivity index (χ3v) is 3.52. The molecule has 0 aromatic carbocycles. The molecule has 0 spiro atoms. The molecule has 0 saturated carbocycles. The van der Waals surface area contributed by atoms with E-state index in [-0.39, 0.29) is 36.8 Å². The summed E-state index contributed by atoms with van der Waals surface area (Å²) in [5, 5.41) is 6.21. The lowest BCUT2D eigenvalue weighted by molar-refractivity contribution is -0.122. The van der Waals surface area contributed by atoms with Crippen LogP contribution in [0.2, 0.25) is 0 Å². The molecular formula is C15H21Cl2N5O2. The Morgan fingerprint density at radius 1 is 1.42 bits per heavy atom. The highest BCUT2D eigenvalue weighted by molar-refractivity contribution is 5.85. The van der Waals surface area contributed by atoms with Crippen molar-refractivity contribution >= 4 is 30.7 Å². The fraction of sp³-hybridized carbons (Fsp3) is 0.400. The Labute approximate surface area is 153 Å². The molecule has 7 nitrogen and oxygen atoms in total. The van der Waals surface area contributed by atoms with Crippen molar-refractivity contribution in [2.24, 2.45) is 0 Å². The maximum Gasteiger partial charge on any atom is 0.221 e. The molecule has 132 valence electrons. The van der Waals surface area contributed by atoms with Crippen molar-refractivity contribution in [1.29, 1.82) is 0 Å². The molecule has 1 atom stereocenters. The van der Waals surface area contributed by atoms with E-state index in [0.29, 0.717) is 26.2 Å². The number of nitrogens with zero attached hydrogens (tertiary/aromatic N) is 3. The molecule has 1 amide bonds. The van der Waals surface area contributed by atoms with Gasteiger partial charge < -0.3 is 15.4 Å². The highest BCUT2D eigenvalue weighted by Crippen LogP contribution is 2.10. The van der Waals surface area contributed by atoms with E-state index in [0.717, 1.165) is 17.9 Å². The van der Waals surface area contributed by atoms with Crippen LogP contribution in [0, 0.1) is 0 Å². The second-order valence-electron chi connectivity index (χ2n) is 5.16. The van der Waals surface area contributed by atoms with Crippen molar-refractivity contribution in [3.05, 3.63) is 42.6 Å². The fourth-order valence-electron chi connectivity index (χ4n) is 2.43. The highest BCUT2D eigenvalue weighted by atomic mass is 35.5. The summed E-state index contributed by atoms with van der Waals surface area (Å²) in [7, 11) is 0. The van der Waals surface area contributed by atoms with Crippen molar-refractivity contribution < 1.29 is 9.53 Å². The van der Waals surface area contributed by atoms with Crippen molar-refractivity contribution in [3.8, 4) is 5.82 Å². The van der Waals surface area contributed by atoms with Crippen LogP contribution < -0.4 is 10.6 Å². The van der Waals surface area contributed by atoms with Gasteiger partial charge in [0.05, 0.1) is 13.2 Å². The smallest absolute Gasteiger partial charge is 0.221 e. The number of hydrogen-bond acceptors (Lipinski definition) is 5. The Morgan fingerprint density at radius 2 is 2.29 bits per heavy atom. The summed E-state index contributed by atoms with van der Waals surface area (Å²) in [6.07, 6.45) is 7.37. The molecule has 2 N–H and O–H groups in total. The first kappa shape index (κ1) is 20.4. The zero-order valence-electron chi connectivity index (χ0n) is 13.1. The third kappa shape index (κ3) is 5.45. The van der Waals surface area contributed by atoms with E-state index in [4.69, 9.17) is 4.74 Å². The van der Waals surface area contributed by atoms with E-state index in [9.17, 15) is 4.79 Å². The molecule has 2 aromatic rings. The number of aromatic nitrogens is 3. The van der Waals surface area contributed by atoms with E-state index in [1.165, 1.54) is 0 Å². The zero-order chi connectivity index (χ0) is 15.2. The lowest BCUT2D eigenvalue weighted by atomic mass is 10.2. The Balaban J connectivity index is 0.00000144. The largest absolute Gasteiger partial charge is 0.378 e. The Hall–Kier alpha value is -1.67. The summed E-state index contributed by atoms with van der Waals surface area (Å²) in [6.45, 7) is 2.53. The lowest BCUT2D eigenvalue weighted by Gasteiger charge is -2.23. The molecule has 1 aliphatic heterocycles. The van der Waals surface area contributed by atoms with E-state index in [2.05, 4.69) is 20.6 Å². The number of hydrogen-bond donors (Lipinski definition) is 2. The normalized spacial score (nSPS) is 16.6. The maximum atomic E-state index is 12.0. The summed E-state index contributed by atoms with van der Waals surface area (Å²) in [5.74, 6) is 0.780. The van der Waals surface area contributed by atoms with Crippen LogP contribution in [0.3, 0.4) is 0 Å². The highest BCUT2D eigenvalue weighted by Gasteiger charge is 2.17. The van der Waals surface area contributed by atoms with Gasteiger partial charge in [-0.25, -0.2) is 9.97 Å². The van der Waals surface area contributed by atoms with Gasteiger partial charge in [0.1, 0.15) is 12.1 Å². The van der Waals surface area contributed by atoms with Crippen LogP contribution in [0.25, 0.3) is 5.82 Å². The molecule has 0 aliphatic carbocycles. The second-order valence-corrected chi connectivity index (χ2v) is 5.16. The molecule has 9 heteroatoms. The SMILES string of the molecule is Cl.Cl.O=C(CC1COCCN1)NCc1cccnc1-n1ccnc1. The van der Waals surface area contributed by atoms with Crippen LogP contribution in [0.15, 0.2) is 37.1 Å². The van der Waals surface area contributed by atoms with Crippen LogP contribution in [-0.2, 0) is 16.1 Å². The predicted octanol–water partition coefficient (Wildman–Crippen LogP) is 1.11. The van der Waals surface area contributed by atoms with Gasteiger partial charge in [-0.1, -0.05) is 6.07 Å². The first-order valence-electron chi connectivity index (χ1n) is 7.33. The summed E-state index contributed by atoms with van der Waals surface area (Å²) in [4.78, 5) is 20.4. The standard InChI is InChI=1S/C15H19N5O2.2ClH/c21-14(8-13-10-22-7-5-17-13)19-9-12-2-1-3-18-15(12)20-6-4-16-11-20;;/h1-4,6,11,13,17H,5,7-10H2,(H,19,21);2*1H. The van der Waals surface area contributed by atoms with Gasteiger partial charge >= 0.3 is 0 Å². The number of carbonyl (C=O) groups excluding carboxylic acids is 1. The van der Waals surface area contributed by atoms with E-state index in [1.54, 1.807) is 18.7 Å². The van der Waals surface area contributed by atoms with Crippen LogP contribution in [0.5, 0.6) is 0 Å². The number of carbonyl (C=O) groups is 1. The Bertz CT molecular complexity index is 618. The Morgan fingerprint density at radius 3 is 3.00 bits per heavy atom. The van der Waals surface area contributed by atoms with Crippen molar-refractivity contribution in [2.45, 2.75) is 19.0 Å². The molecule has 24 heavy (non-hydrogen) atoms. The minimum atomic E-state index is 0. The first-order chi connectivity index (χ1) is 10.8. The van der Waals surface area contributed by atoms with Crippen molar-refractivity contribution in [3.63, 3.8) is 0 Å². The summed E-state index contributed by atoms with van der Waals surface area (Å²) in [6, 6.07) is 3.90. The van der Waals surface area contributed by atoms with Gasteiger partial charge in [0.2, 0.25) is 5.91 Å². The molecule has 3 rings (SSSR count). The number of nitrogens with one attached hydrogen (secondary N) is 2. The molecule has 0 bridgehead atoms. The van der Waals surface area contributed by atoms with Crippen LogP contribution >= 0.6 is 24.8 Å². The molecule has 2 aromatic heterocycles. The maximum absolute atomic E-state index is 12.0. The number of ether oxygens (including phenoxy) is 1. The molecular weight excluding hydrogens is 353 g/mol. The molecule has 1 fully saturated rings. The van der Waals surface area contributed by atoms with Crippen LogP contribution in [0.1, 0.15) is 12.0 Å². The summed E-state index contributed by atoms with van der Waals surface area (Å²) < 4.78 is 7.18. The number of rotatable bonds is 5. The topological polar surface area (TPSA) is 81.1 Å². The van der Waals surface area contributed by atoms with Gasteiger partial charge in [-0.05, 0) is 6.07 Å². The average Bonchev–Trinajstić information content (AvgIpc) is 3.08. The molecule has 1 saturated heterocycles. The minimum Gasteiger partial charge on any atom is -0.378 e. The quantitative estimate of drug-likeness (QED) is 0.820. The third-order valence-electron chi connectivity index (χ3n) is 3.52. The van der Waals surface area contributed by atoms with Crippen molar-refractivity contribution in [2.75, 3.05) is 19.8 Å². The average molecular weight is 374 g/mol. The number of amides is 1. The second kappa shape index (κ2) is 10.2. The number of halogens is 2. The fourth-order valence-corrected chi connectivity index (χ4v) is 2.43. The molecule has 1 aliphatic rings. The van der Waals surface area contributed by atoms with Gasteiger partial charge in [-0.2, -0.15) is 0 Å². The van der Waals surface area contributed by atoms with Crippen LogP contribution in [0.4, 0.5) is 0 Å². The van der Waals surface area contributed by atoms with Gasteiger partial charge in [0.25, 0.3) is 0 Å². The monoisotopic (exact) mass is 373 g/mol. The van der Waals surface area contributed by atoms with Crippen LogP contribution in [-0.4, -0.2) is 46.2 Å². The van der Waals surface area contributed by atoms with Gasteiger partial charge in [0.15, 0.2) is 0 Å². The predicted molar refractivity (Wildman–Crippen MR) is 94.9 cm³/mol. The van der Waals surface area contributed by atoms with E-state index in [1.807, 2.05) is 22.9 Å². The van der Waals surface area contributed by atoms with Crippen molar-refractivity contribution in [1.82, 2.24) is 25.2 Å².